The Morgan fingerprint density at radius 1 is 1.18 bits per heavy atom. The van der Waals surface area contributed by atoms with Crippen molar-refractivity contribution in [2.45, 2.75) is 66.2 Å². The van der Waals surface area contributed by atoms with Crippen LogP contribution in [0.15, 0.2) is 42.5 Å². The zero-order valence-corrected chi connectivity index (χ0v) is 24.0. The highest BCUT2D eigenvalue weighted by Gasteiger charge is 2.40. The smallest absolute Gasteiger partial charge is 0.310 e. The van der Waals surface area contributed by atoms with Crippen molar-refractivity contribution in [3.8, 4) is 11.6 Å². The molecule has 0 saturated carbocycles. The van der Waals surface area contributed by atoms with Crippen LogP contribution in [-0.2, 0) is 24.9 Å². The van der Waals surface area contributed by atoms with Crippen LogP contribution in [0.5, 0.6) is 11.6 Å². The average Bonchev–Trinajstić information content (AvgIpc) is 3.19. The lowest BCUT2D eigenvalue weighted by molar-refractivity contribution is -0.147. The molecule has 2 atom stereocenters. The van der Waals surface area contributed by atoms with Gasteiger partial charge in [-0.1, -0.05) is 36.4 Å². The standard InChI is InChI=1S/C31H37N5O4/c1-7-22-16-36(17-24-26(40-22)12-13-27(37)32-24)15-21-14-20(9-8-18(21)2)28(31(4,5)30(38)39)23-10-11-25-29(19(23)3)33-34-35(25)6/h8-14,22,28H,7,15-17H2,1-6H3,(H,32,37)(H,38,39)/t22-,28?/m1/s1. The van der Waals surface area contributed by atoms with E-state index in [4.69, 9.17) is 4.74 Å². The van der Waals surface area contributed by atoms with Crippen LogP contribution in [0, 0.1) is 19.3 Å². The third-order valence-electron chi connectivity index (χ3n) is 8.27. The molecule has 5 rings (SSSR count). The maximum atomic E-state index is 12.6. The van der Waals surface area contributed by atoms with Crippen molar-refractivity contribution in [2.24, 2.45) is 12.5 Å². The summed E-state index contributed by atoms with van der Waals surface area (Å²) in [7, 11) is 1.85. The number of rotatable bonds is 7. The number of benzene rings is 2. The van der Waals surface area contributed by atoms with Gasteiger partial charge in [-0.15, -0.1) is 5.10 Å². The van der Waals surface area contributed by atoms with E-state index in [2.05, 4.69) is 46.2 Å². The summed E-state index contributed by atoms with van der Waals surface area (Å²) in [6, 6.07) is 13.6. The fourth-order valence-corrected chi connectivity index (χ4v) is 5.76. The van der Waals surface area contributed by atoms with Crippen molar-refractivity contribution >= 4 is 17.0 Å². The molecule has 2 N–H and O–H groups in total. The van der Waals surface area contributed by atoms with Crippen LogP contribution in [0.1, 0.15) is 66.6 Å². The first kappa shape index (κ1) is 27.6. The molecule has 0 bridgehead atoms. The third kappa shape index (κ3) is 5.01. The number of carboxylic acids is 1. The van der Waals surface area contributed by atoms with Gasteiger partial charge in [0.05, 0.1) is 10.9 Å². The molecule has 1 aliphatic heterocycles. The van der Waals surface area contributed by atoms with Crippen LogP contribution in [0.2, 0.25) is 0 Å². The summed E-state index contributed by atoms with van der Waals surface area (Å²) in [6.07, 6.45) is 0.839. The minimum Gasteiger partial charge on any atom is -0.493 e. The molecular weight excluding hydrogens is 506 g/mol. The number of carboxylic acid groups (broad SMARTS) is 1. The van der Waals surface area contributed by atoms with E-state index in [0.29, 0.717) is 31.1 Å². The lowest BCUT2D eigenvalue weighted by atomic mass is 9.69. The van der Waals surface area contributed by atoms with Crippen LogP contribution in [0.4, 0.5) is 0 Å². The van der Waals surface area contributed by atoms with Gasteiger partial charge in [0.15, 0.2) is 0 Å². The van der Waals surface area contributed by atoms with Gasteiger partial charge in [0.2, 0.25) is 5.88 Å². The zero-order chi connectivity index (χ0) is 28.8. The highest BCUT2D eigenvalue weighted by atomic mass is 16.5. The van der Waals surface area contributed by atoms with Crippen LogP contribution in [0.25, 0.3) is 11.0 Å². The number of aromatic nitrogens is 4. The Balaban J connectivity index is 1.56. The number of aliphatic carboxylic acids is 1. The van der Waals surface area contributed by atoms with Crippen molar-refractivity contribution in [3.05, 3.63) is 76.0 Å². The molecule has 3 heterocycles. The number of nitrogens with zero attached hydrogens (tertiary/aromatic N) is 5. The van der Waals surface area contributed by atoms with Crippen LogP contribution >= 0.6 is 0 Å². The summed E-state index contributed by atoms with van der Waals surface area (Å²) in [6.45, 7) is 11.6. The maximum absolute atomic E-state index is 12.6. The van der Waals surface area contributed by atoms with E-state index in [0.717, 1.165) is 45.3 Å². The summed E-state index contributed by atoms with van der Waals surface area (Å²) in [5.74, 6) is -0.595. The molecule has 2 aromatic carbocycles. The van der Waals surface area contributed by atoms with E-state index >= 15 is 0 Å². The first-order valence-electron chi connectivity index (χ1n) is 13.7. The van der Waals surface area contributed by atoms with E-state index in [1.165, 1.54) is 0 Å². The second-order valence-corrected chi connectivity index (χ2v) is 11.4. The molecule has 4 aromatic rings. The highest BCUT2D eigenvalue weighted by molar-refractivity contribution is 5.81. The number of hydrogen-bond donors (Lipinski definition) is 2. The topological polar surface area (TPSA) is 114 Å². The van der Waals surface area contributed by atoms with Crippen LogP contribution in [0.3, 0.4) is 0 Å². The molecule has 1 aliphatic rings. The first-order valence-corrected chi connectivity index (χ1v) is 13.7. The molecule has 0 spiro atoms. The maximum Gasteiger partial charge on any atom is 0.310 e. The lowest BCUT2D eigenvalue weighted by Crippen LogP contribution is -2.33. The van der Waals surface area contributed by atoms with Gasteiger partial charge in [0.25, 0.3) is 0 Å². The number of hydrogen-bond acceptors (Lipinski definition) is 7. The number of aryl methyl sites for hydroxylation is 3. The van der Waals surface area contributed by atoms with Gasteiger partial charge >= 0.3 is 5.97 Å². The SMILES string of the molecule is CC[C@@H]1CN(Cc2cc(C(c3ccc4c(nnn4C)c3C)C(C)(C)C(=O)O)ccc2C)Cc2nc(O)ccc2O1. The molecule has 0 fully saturated rings. The van der Waals surface area contributed by atoms with E-state index < -0.39 is 17.3 Å². The number of aromatic hydroxyl groups is 1. The molecular formula is C31H37N5O4. The first-order chi connectivity index (χ1) is 19.0. The summed E-state index contributed by atoms with van der Waals surface area (Å²) in [5, 5.41) is 28.9. The summed E-state index contributed by atoms with van der Waals surface area (Å²) in [4.78, 5) is 19.3. The summed E-state index contributed by atoms with van der Waals surface area (Å²) in [5.41, 5.74) is 6.35. The van der Waals surface area contributed by atoms with Gasteiger partial charge in [-0.05, 0) is 74.1 Å². The van der Waals surface area contributed by atoms with Gasteiger partial charge in [-0.25, -0.2) is 9.67 Å². The normalized spacial score (nSPS) is 16.8. The number of carbonyl (C=O) groups is 1. The van der Waals surface area contributed by atoms with E-state index in [1.807, 2.05) is 32.2 Å². The van der Waals surface area contributed by atoms with Crippen molar-refractivity contribution in [2.75, 3.05) is 6.54 Å². The Morgan fingerprint density at radius 3 is 2.67 bits per heavy atom. The second kappa shape index (κ2) is 10.5. The minimum absolute atomic E-state index is 0.00358. The van der Waals surface area contributed by atoms with Crippen molar-refractivity contribution in [1.82, 2.24) is 24.9 Å². The predicted molar refractivity (Wildman–Crippen MR) is 152 cm³/mol. The van der Waals surface area contributed by atoms with Gasteiger partial charge in [0, 0.05) is 38.7 Å². The summed E-state index contributed by atoms with van der Waals surface area (Å²) >= 11 is 0. The predicted octanol–water partition coefficient (Wildman–Crippen LogP) is 5.10. The molecule has 9 nitrogen and oxygen atoms in total. The molecule has 40 heavy (non-hydrogen) atoms. The molecule has 0 radical (unpaired) electrons. The van der Waals surface area contributed by atoms with Gasteiger partial charge in [-0.3, -0.25) is 9.69 Å². The molecule has 210 valence electrons. The lowest BCUT2D eigenvalue weighted by Gasteiger charge is -2.33. The Hall–Kier alpha value is -3.98. The number of fused-ring (bicyclic) bond motifs is 2. The number of pyridine rings is 1. The molecule has 0 aliphatic carbocycles. The average molecular weight is 544 g/mol. The van der Waals surface area contributed by atoms with E-state index in [1.54, 1.807) is 30.7 Å². The van der Waals surface area contributed by atoms with Gasteiger partial charge in [0.1, 0.15) is 23.1 Å². The Kier molecular flexibility index (Phi) is 7.27. The minimum atomic E-state index is -1.09. The fourth-order valence-electron chi connectivity index (χ4n) is 5.76. The van der Waals surface area contributed by atoms with E-state index in [9.17, 15) is 15.0 Å². The monoisotopic (exact) mass is 543 g/mol. The van der Waals surface area contributed by atoms with E-state index in [-0.39, 0.29) is 12.0 Å². The Morgan fingerprint density at radius 2 is 1.95 bits per heavy atom. The third-order valence-corrected chi connectivity index (χ3v) is 8.27. The molecule has 1 unspecified atom stereocenters. The van der Waals surface area contributed by atoms with Crippen molar-refractivity contribution in [1.29, 1.82) is 0 Å². The summed E-state index contributed by atoms with van der Waals surface area (Å²) < 4.78 is 7.94. The van der Waals surface area contributed by atoms with Crippen LogP contribution in [-0.4, -0.2) is 53.7 Å². The van der Waals surface area contributed by atoms with Crippen molar-refractivity contribution in [3.63, 3.8) is 0 Å². The molecule has 0 amide bonds. The van der Waals surface area contributed by atoms with Gasteiger partial charge < -0.3 is 14.9 Å². The Labute approximate surface area is 234 Å². The quantitative estimate of drug-likeness (QED) is 0.331. The Bertz CT molecular complexity index is 1580. The molecule has 2 aromatic heterocycles. The second-order valence-electron chi connectivity index (χ2n) is 11.4. The van der Waals surface area contributed by atoms with Crippen molar-refractivity contribution < 1.29 is 19.7 Å². The molecule has 9 heteroatoms. The molecule has 0 saturated heterocycles. The van der Waals surface area contributed by atoms with Crippen LogP contribution < -0.4 is 4.74 Å². The van der Waals surface area contributed by atoms with Gasteiger partial charge in [-0.2, -0.15) is 0 Å². The zero-order valence-electron chi connectivity index (χ0n) is 24.0. The largest absolute Gasteiger partial charge is 0.493 e. The highest BCUT2D eigenvalue weighted by Crippen LogP contribution is 2.44. The number of ether oxygens (including phenoxy) is 1. The fraction of sp³-hybridized carbons (Fsp3) is 0.419.